The number of ketones is 1. The SMILES string of the molecule is CC(=O)N[C@H](Sc1ccc(Cl)cc1)C(=O)c1ccccc1. The van der Waals surface area contributed by atoms with Crippen molar-refractivity contribution in [2.75, 3.05) is 0 Å². The number of thioether (sulfide) groups is 1. The van der Waals surface area contributed by atoms with E-state index in [1.807, 2.05) is 18.2 Å². The van der Waals surface area contributed by atoms with E-state index in [0.29, 0.717) is 10.6 Å². The first-order valence-electron chi connectivity index (χ1n) is 6.35. The molecule has 2 aromatic rings. The number of halogens is 1. The Kier molecular flexibility index (Phi) is 5.42. The van der Waals surface area contributed by atoms with E-state index < -0.39 is 5.37 Å². The lowest BCUT2D eigenvalue weighted by Crippen LogP contribution is -2.37. The van der Waals surface area contributed by atoms with Gasteiger partial charge in [0.1, 0.15) is 5.37 Å². The molecule has 0 spiro atoms. The first-order valence-corrected chi connectivity index (χ1v) is 7.60. The Hall–Kier alpha value is -1.78. The Bertz CT molecular complexity index is 628. The molecule has 0 bridgehead atoms. The standard InChI is InChI=1S/C16H14ClNO2S/c1-11(19)18-16(15(20)12-5-3-2-4-6-12)21-14-9-7-13(17)8-10-14/h2-10,16H,1H3,(H,18,19)/t16-/m1/s1. The Morgan fingerprint density at radius 2 is 1.67 bits per heavy atom. The molecule has 3 nitrogen and oxygen atoms in total. The Balaban J connectivity index is 2.20. The number of carbonyl (C=O) groups is 2. The van der Waals surface area contributed by atoms with Crippen molar-refractivity contribution in [2.24, 2.45) is 0 Å². The van der Waals surface area contributed by atoms with Crippen molar-refractivity contribution >= 4 is 35.1 Å². The molecule has 0 aliphatic carbocycles. The summed E-state index contributed by atoms with van der Waals surface area (Å²) < 4.78 is 0. The zero-order chi connectivity index (χ0) is 15.2. The smallest absolute Gasteiger partial charge is 0.218 e. The quantitative estimate of drug-likeness (QED) is 0.518. The number of nitrogens with one attached hydrogen (secondary N) is 1. The maximum Gasteiger partial charge on any atom is 0.218 e. The van der Waals surface area contributed by atoms with Crippen molar-refractivity contribution in [2.45, 2.75) is 17.2 Å². The van der Waals surface area contributed by atoms with Gasteiger partial charge in [0, 0.05) is 22.4 Å². The first-order chi connectivity index (χ1) is 10.1. The molecule has 21 heavy (non-hydrogen) atoms. The van der Waals surface area contributed by atoms with Crippen LogP contribution in [0.3, 0.4) is 0 Å². The third kappa shape index (κ3) is 4.62. The second kappa shape index (κ2) is 7.29. The van der Waals surface area contributed by atoms with Gasteiger partial charge >= 0.3 is 0 Å². The molecule has 1 amide bonds. The summed E-state index contributed by atoms with van der Waals surface area (Å²) in [5.74, 6) is -0.378. The van der Waals surface area contributed by atoms with E-state index in [4.69, 9.17) is 11.6 Å². The normalized spacial score (nSPS) is 11.7. The zero-order valence-corrected chi connectivity index (χ0v) is 12.9. The van der Waals surface area contributed by atoms with Crippen LogP contribution < -0.4 is 5.32 Å². The topological polar surface area (TPSA) is 46.2 Å². The third-order valence-electron chi connectivity index (χ3n) is 2.70. The number of carbonyl (C=O) groups excluding carboxylic acids is 2. The van der Waals surface area contributed by atoms with E-state index in [1.54, 1.807) is 36.4 Å². The van der Waals surface area contributed by atoms with E-state index in [0.717, 1.165) is 4.90 Å². The summed E-state index contributed by atoms with van der Waals surface area (Å²) in [6.07, 6.45) is 0. The Morgan fingerprint density at radius 3 is 2.24 bits per heavy atom. The van der Waals surface area contributed by atoms with Gasteiger partial charge in [0.2, 0.25) is 5.91 Å². The van der Waals surface area contributed by atoms with Crippen molar-refractivity contribution in [3.63, 3.8) is 0 Å². The van der Waals surface area contributed by atoms with Crippen molar-refractivity contribution in [1.29, 1.82) is 0 Å². The van der Waals surface area contributed by atoms with Gasteiger partial charge in [-0.25, -0.2) is 0 Å². The molecule has 5 heteroatoms. The lowest BCUT2D eigenvalue weighted by atomic mass is 10.1. The highest BCUT2D eigenvalue weighted by Crippen LogP contribution is 2.25. The average Bonchev–Trinajstić information content (AvgIpc) is 2.48. The van der Waals surface area contributed by atoms with Gasteiger partial charge < -0.3 is 5.32 Å². The fourth-order valence-corrected chi connectivity index (χ4v) is 2.90. The van der Waals surface area contributed by atoms with Gasteiger partial charge in [0.15, 0.2) is 5.78 Å². The number of rotatable bonds is 5. The fraction of sp³-hybridized carbons (Fsp3) is 0.125. The molecule has 2 rings (SSSR count). The minimum Gasteiger partial charge on any atom is -0.337 e. The van der Waals surface area contributed by atoms with Crippen LogP contribution in [0, 0.1) is 0 Å². The van der Waals surface area contributed by atoms with E-state index in [-0.39, 0.29) is 11.7 Å². The summed E-state index contributed by atoms with van der Waals surface area (Å²) in [6.45, 7) is 1.40. The van der Waals surface area contributed by atoms with Gasteiger partial charge in [0.05, 0.1) is 0 Å². The van der Waals surface area contributed by atoms with Gasteiger partial charge in [-0.1, -0.05) is 53.7 Å². The van der Waals surface area contributed by atoms with Crippen LogP contribution in [-0.2, 0) is 4.79 Å². The maximum absolute atomic E-state index is 12.5. The summed E-state index contributed by atoms with van der Waals surface area (Å²) >= 11 is 7.13. The number of hydrogen-bond donors (Lipinski definition) is 1. The van der Waals surface area contributed by atoms with E-state index in [1.165, 1.54) is 18.7 Å². The summed E-state index contributed by atoms with van der Waals surface area (Å²) in [5.41, 5.74) is 0.567. The van der Waals surface area contributed by atoms with Crippen molar-refractivity contribution < 1.29 is 9.59 Å². The Morgan fingerprint density at radius 1 is 1.05 bits per heavy atom. The number of benzene rings is 2. The molecule has 1 N–H and O–H groups in total. The largest absolute Gasteiger partial charge is 0.337 e. The van der Waals surface area contributed by atoms with Crippen LogP contribution in [0.2, 0.25) is 5.02 Å². The number of Topliss-reactive ketones (excluding diaryl/α,β-unsaturated/α-hetero) is 1. The lowest BCUT2D eigenvalue weighted by Gasteiger charge is -2.16. The monoisotopic (exact) mass is 319 g/mol. The first kappa shape index (κ1) is 15.6. The fourth-order valence-electron chi connectivity index (χ4n) is 1.74. The van der Waals surface area contributed by atoms with Crippen LogP contribution in [0.5, 0.6) is 0 Å². The molecule has 0 aliphatic heterocycles. The highest BCUT2D eigenvalue weighted by Gasteiger charge is 2.22. The highest BCUT2D eigenvalue weighted by molar-refractivity contribution is 8.00. The average molecular weight is 320 g/mol. The van der Waals surface area contributed by atoms with Crippen LogP contribution >= 0.6 is 23.4 Å². The molecule has 0 heterocycles. The second-order valence-electron chi connectivity index (χ2n) is 4.38. The Labute approximate surface area is 132 Å². The van der Waals surface area contributed by atoms with Crippen molar-refractivity contribution in [3.05, 3.63) is 65.2 Å². The van der Waals surface area contributed by atoms with E-state index >= 15 is 0 Å². The van der Waals surface area contributed by atoms with Gasteiger partial charge in [-0.15, -0.1) is 0 Å². The predicted molar refractivity (Wildman–Crippen MR) is 85.7 cm³/mol. The minimum absolute atomic E-state index is 0.134. The van der Waals surface area contributed by atoms with Crippen LogP contribution in [0.15, 0.2) is 59.5 Å². The highest BCUT2D eigenvalue weighted by atomic mass is 35.5. The molecular weight excluding hydrogens is 306 g/mol. The molecule has 1 atom stereocenters. The van der Waals surface area contributed by atoms with Gasteiger partial charge in [-0.05, 0) is 24.3 Å². The molecule has 2 aromatic carbocycles. The van der Waals surface area contributed by atoms with E-state index in [9.17, 15) is 9.59 Å². The summed E-state index contributed by atoms with van der Waals surface area (Å²) in [5, 5.41) is 2.65. The molecule has 0 saturated carbocycles. The van der Waals surface area contributed by atoms with Gasteiger partial charge in [-0.3, -0.25) is 9.59 Å². The summed E-state index contributed by atoms with van der Waals surface area (Å²) in [7, 11) is 0. The van der Waals surface area contributed by atoms with Crippen LogP contribution in [0.25, 0.3) is 0 Å². The molecule has 108 valence electrons. The maximum atomic E-state index is 12.5. The van der Waals surface area contributed by atoms with Crippen LogP contribution in [-0.4, -0.2) is 17.1 Å². The third-order valence-corrected chi connectivity index (χ3v) is 4.06. The molecular formula is C16H14ClNO2S. The minimum atomic E-state index is -0.661. The molecule has 0 unspecified atom stereocenters. The molecule has 0 radical (unpaired) electrons. The predicted octanol–water partition coefficient (Wildman–Crippen LogP) is 3.78. The zero-order valence-electron chi connectivity index (χ0n) is 11.4. The van der Waals surface area contributed by atoms with Crippen LogP contribution in [0.4, 0.5) is 0 Å². The van der Waals surface area contributed by atoms with Crippen LogP contribution in [0.1, 0.15) is 17.3 Å². The number of amides is 1. The summed E-state index contributed by atoms with van der Waals surface area (Å²) in [4.78, 5) is 24.7. The second-order valence-corrected chi connectivity index (χ2v) is 6.00. The van der Waals surface area contributed by atoms with Gasteiger partial charge in [0.25, 0.3) is 0 Å². The summed E-state index contributed by atoms with van der Waals surface area (Å²) in [6, 6.07) is 16.1. The van der Waals surface area contributed by atoms with E-state index in [2.05, 4.69) is 5.32 Å². The van der Waals surface area contributed by atoms with Crippen molar-refractivity contribution in [1.82, 2.24) is 5.32 Å². The number of hydrogen-bond acceptors (Lipinski definition) is 3. The van der Waals surface area contributed by atoms with Gasteiger partial charge in [-0.2, -0.15) is 0 Å². The lowest BCUT2D eigenvalue weighted by molar-refractivity contribution is -0.119. The molecule has 0 fully saturated rings. The molecule has 0 aliphatic rings. The van der Waals surface area contributed by atoms with Crippen molar-refractivity contribution in [3.8, 4) is 0 Å². The molecule has 0 aromatic heterocycles. The molecule has 0 saturated heterocycles.